The highest BCUT2D eigenvalue weighted by Crippen LogP contribution is 2.26. The van der Waals surface area contributed by atoms with Crippen molar-refractivity contribution in [3.8, 4) is 0 Å². The number of hydrogen-bond acceptors (Lipinski definition) is 2. The van der Waals surface area contributed by atoms with Crippen LogP contribution in [0.15, 0.2) is 18.2 Å². The molecule has 2 aliphatic carbocycles. The van der Waals surface area contributed by atoms with Gasteiger partial charge in [-0.3, -0.25) is 4.79 Å². The molecule has 0 aromatic heterocycles. The van der Waals surface area contributed by atoms with E-state index < -0.39 is 0 Å². The molecular weight excluding hydrogens is 250 g/mol. The molecule has 3 heteroatoms. The van der Waals surface area contributed by atoms with Crippen LogP contribution in [-0.4, -0.2) is 23.7 Å². The van der Waals surface area contributed by atoms with Crippen molar-refractivity contribution in [1.29, 1.82) is 0 Å². The Morgan fingerprint density at radius 1 is 1.15 bits per heavy atom. The number of nitrogens with one attached hydrogen (secondary N) is 1. The lowest BCUT2D eigenvalue weighted by Crippen LogP contribution is -2.38. The van der Waals surface area contributed by atoms with E-state index in [9.17, 15) is 9.90 Å². The number of aryl methyl sites for hydroxylation is 2. The van der Waals surface area contributed by atoms with E-state index in [4.69, 9.17) is 0 Å². The number of benzene rings is 1. The lowest BCUT2D eigenvalue weighted by molar-refractivity contribution is 0.0916. The van der Waals surface area contributed by atoms with Crippen LogP contribution in [0.4, 0.5) is 0 Å². The van der Waals surface area contributed by atoms with Crippen LogP contribution in [-0.2, 0) is 12.8 Å². The van der Waals surface area contributed by atoms with Gasteiger partial charge in [-0.1, -0.05) is 12.5 Å². The quantitative estimate of drug-likeness (QED) is 0.888. The van der Waals surface area contributed by atoms with E-state index in [0.29, 0.717) is 0 Å². The third-order valence-corrected chi connectivity index (χ3v) is 4.82. The molecule has 2 atom stereocenters. The Hall–Kier alpha value is -1.35. The number of aliphatic hydroxyl groups is 1. The molecule has 2 N–H and O–H groups in total. The van der Waals surface area contributed by atoms with Gasteiger partial charge in [0.05, 0.1) is 0 Å². The van der Waals surface area contributed by atoms with Gasteiger partial charge in [0.25, 0.3) is 5.91 Å². The van der Waals surface area contributed by atoms with Crippen molar-refractivity contribution in [1.82, 2.24) is 5.32 Å². The molecule has 0 bridgehead atoms. The van der Waals surface area contributed by atoms with E-state index >= 15 is 0 Å². The second-order valence-electron chi connectivity index (χ2n) is 6.14. The lowest BCUT2D eigenvalue weighted by atomic mass is 9.90. The van der Waals surface area contributed by atoms with Crippen molar-refractivity contribution in [3.63, 3.8) is 0 Å². The number of amides is 1. The van der Waals surface area contributed by atoms with Gasteiger partial charge in [0.2, 0.25) is 0 Å². The first-order valence-corrected chi connectivity index (χ1v) is 7.81. The van der Waals surface area contributed by atoms with Crippen LogP contribution in [0, 0.1) is 5.92 Å². The van der Waals surface area contributed by atoms with Crippen LogP contribution in [0.3, 0.4) is 0 Å². The standard InChI is InChI=1S/C17H23NO2/c19-11-15-6-3-7-16(15)18-17(20)14-9-8-12-4-1-2-5-13(12)10-14/h8-10,15-16,19H,1-7,11H2,(H,18,20). The molecule has 0 heterocycles. The summed E-state index contributed by atoms with van der Waals surface area (Å²) in [6.07, 6.45) is 7.84. The van der Waals surface area contributed by atoms with Gasteiger partial charge >= 0.3 is 0 Å². The molecule has 3 rings (SSSR count). The fourth-order valence-electron chi connectivity index (χ4n) is 3.57. The largest absolute Gasteiger partial charge is 0.396 e. The summed E-state index contributed by atoms with van der Waals surface area (Å²) in [6.45, 7) is 0.176. The predicted molar refractivity (Wildman–Crippen MR) is 78.8 cm³/mol. The third-order valence-electron chi connectivity index (χ3n) is 4.82. The molecule has 108 valence electrons. The van der Waals surface area contributed by atoms with Crippen molar-refractivity contribution in [2.75, 3.05) is 6.61 Å². The molecule has 2 aliphatic rings. The summed E-state index contributed by atoms with van der Waals surface area (Å²) in [4.78, 5) is 12.4. The average Bonchev–Trinajstić information content (AvgIpc) is 2.94. The highest BCUT2D eigenvalue weighted by Gasteiger charge is 2.28. The molecule has 0 aliphatic heterocycles. The zero-order valence-electron chi connectivity index (χ0n) is 11.9. The van der Waals surface area contributed by atoms with Gasteiger partial charge in [-0.15, -0.1) is 0 Å². The summed E-state index contributed by atoms with van der Waals surface area (Å²) in [7, 11) is 0. The van der Waals surface area contributed by atoms with E-state index in [1.807, 2.05) is 6.07 Å². The molecule has 1 fully saturated rings. The third kappa shape index (κ3) is 2.73. The summed E-state index contributed by atoms with van der Waals surface area (Å²) < 4.78 is 0. The first-order chi connectivity index (χ1) is 9.78. The molecule has 3 nitrogen and oxygen atoms in total. The van der Waals surface area contributed by atoms with E-state index in [-0.39, 0.29) is 24.5 Å². The maximum Gasteiger partial charge on any atom is 0.251 e. The maximum atomic E-state index is 12.4. The zero-order valence-corrected chi connectivity index (χ0v) is 11.9. The first kappa shape index (κ1) is 13.6. The van der Waals surface area contributed by atoms with Gasteiger partial charge in [0.15, 0.2) is 0 Å². The topological polar surface area (TPSA) is 49.3 Å². The summed E-state index contributed by atoms with van der Waals surface area (Å²) >= 11 is 0. The van der Waals surface area contributed by atoms with Crippen LogP contribution < -0.4 is 5.32 Å². The summed E-state index contributed by atoms with van der Waals surface area (Å²) in [5, 5.41) is 12.4. The van der Waals surface area contributed by atoms with Crippen LogP contribution in [0.2, 0.25) is 0 Å². The highest BCUT2D eigenvalue weighted by atomic mass is 16.3. The number of fused-ring (bicyclic) bond motifs is 1. The number of hydrogen-bond donors (Lipinski definition) is 2. The van der Waals surface area contributed by atoms with Crippen LogP contribution in [0.1, 0.15) is 53.6 Å². The monoisotopic (exact) mass is 273 g/mol. The van der Waals surface area contributed by atoms with E-state index in [2.05, 4.69) is 17.4 Å². The number of aliphatic hydroxyl groups excluding tert-OH is 1. The lowest BCUT2D eigenvalue weighted by Gasteiger charge is -2.20. The van der Waals surface area contributed by atoms with Crippen molar-refractivity contribution < 1.29 is 9.90 Å². The van der Waals surface area contributed by atoms with Crippen molar-refractivity contribution in [2.45, 2.75) is 51.0 Å². The van der Waals surface area contributed by atoms with E-state index in [0.717, 1.165) is 37.7 Å². The first-order valence-electron chi connectivity index (χ1n) is 7.81. The normalized spacial score (nSPS) is 25.2. The van der Waals surface area contributed by atoms with Gasteiger partial charge in [-0.2, -0.15) is 0 Å². The molecule has 1 aromatic carbocycles. The number of rotatable bonds is 3. The maximum absolute atomic E-state index is 12.4. The average molecular weight is 273 g/mol. The Morgan fingerprint density at radius 3 is 2.75 bits per heavy atom. The Morgan fingerprint density at radius 2 is 1.95 bits per heavy atom. The summed E-state index contributed by atoms with van der Waals surface area (Å²) in [6, 6.07) is 6.26. The molecular formula is C17H23NO2. The number of carbonyl (C=O) groups is 1. The van der Waals surface area contributed by atoms with E-state index in [1.54, 1.807) is 0 Å². The Bertz CT molecular complexity index is 498. The van der Waals surface area contributed by atoms with Crippen LogP contribution >= 0.6 is 0 Å². The second kappa shape index (κ2) is 5.96. The van der Waals surface area contributed by atoms with Gasteiger partial charge in [-0.05, 0) is 61.8 Å². The minimum Gasteiger partial charge on any atom is -0.396 e. The molecule has 1 aromatic rings. The van der Waals surface area contributed by atoms with Gasteiger partial charge < -0.3 is 10.4 Å². The number of carbonyl (C=O) groups excluding carboxylic acids is 1. The molecule has 0 saturated heterocycles. The van der Waals surface area contributed by atoms with E-state index in [1.165, 1.54) is 24.0 Å². The molecule has 0 radical (unpaired) electrons. The zero-order chi connectivity index (χ0) is 13.9. The van der Waals surface area contributed by atoms with Gasteiger partial charge in [0, 0.05) is 24.1 Å². The van der Waals surface area contributed by atoms with Crippen LogP contribution in [0.5, 0.6) is 0 Å². The van der Waals surface area contributed by atoms with Crippen molar-refractivity contribution >= 4 is 5.91 Å². The summed E-state index contributed by atoms with van der Waals surface area (Å²) in [5.41, 5.74) is 3.52. The SMILES string of the molecule is O=C(NC1CCCC1CO)c1ccc2c(c1)CCCC2. The van der Waals surface area contributed by atoms with Gasteiger partial charge in [-0.25, -0.2) is 0 Å². The molecule has 0 spiro atoms. The molecule has 2 unspecified atom stereocenters. The van der Waals surface area contributed by atoms with Crippen LogP contribution in [0.25, 0.3) is 0 Å². The second-order valence-corrected chi connectivity index (χ2v) is 6.14. The minimum absolute atomic E-state index is 0.0173. The Labute approximate surface area is 120 Å². The minimum atomic E-state index is 0.0173. The predicted octanol–water partition coefficient (Wildman–Crippen LogP) is 2.46. The van der Waals surface area contributed by atoms with Crippen molar-refractivity contribution in [3.05, 3.63) is 34.9 Å². The molecule has 1 amide bonds. The Balaban J connectivity index is 1.71. The fourth-order valence-corrected chi connectivity index (χ4v) is 3.57. The smallest absolute Gasteiger partial charge is 0.251 e. The highest BCUT2D eigenvalue weighted by molar-refractivity contribution is 5.94. The molecule has 1 saturated carbocycles. The van der Waals surface area contributed by atoms with Crippen molar-refractivity contribution in [2.24, 2.45) is 5.92 Å². The Kier molecular flexibility index (Phi) is 4.06. The summed E-state index contributed by atoms with van der Waals surface area (Å²) in [5.74, 6) is 0.250. The fraction of sp³-hybridized carbons (Fsp3) is 0.588. The molecule has 20 heavy (non-hydrogen) atoms. The van der Waals surface area contributed by atoms with Gasteiger partial charge in [0.1, 0.15) is 0 Å².